The van der Waals surface area contributed by atoms with Gasteiger partial charge in [-0.2, -0.15) is 0 Å². The summed E-state index contributed by atoms with van der Waals surface area (Å²) in [7, 11) is 0. The number of hydrogen-bond acceptors (Lipinski definition) is 4. The zero-order valence-corrected chi connectivity index (χ0v) is 16.7. The Balaban J connectivity index is 1.46. The molecule has 1 N–H and O–H groups in total. The van der Waals surface area contributed by atoms with Gasteiger partial charge in [-0.15, -0.1) is 5.10 Å². The fourth-order valence-electron chi connectivity index (χ4n) is 3.38. The lowest BCUT2D eigenvalue weighted by atomic mass is 10.0. The van der Waals surface area contributed by atoms with Crippen LogP contribution in [0, 0.1) is 5.92 Å². The van der Waals surface area contributed by atoms with Gasteiger partial charge < -0.3 is 10.2 Å². The smallest absolute Gasteiger partial charge is 0.273 e. The molecule has 28 heavy (non-hydrogen) atoms. The standard InChI is InChI=1S/C21H29N5O2/c1-16(2)14-22-21(28)19-15-26(24-23-19)18-10-12-25(13-11-18)20(27)9-8-17-6-4-3-5-7-17/h3-7,15-16,18H,8-14H2,1-2H3,(H,22,28). The number of benzene rings is 1. The van der Waals surface area contributed by atoms with Crippen LogP contribution in [0.1, 0.15) is 55.2 Å². The van der Waals surface area contributed by atoms with Crippen molar-refractivity contribution in [2.75, 3.05) is 19.6 Å². The molecular formula is C21H29N5O2. The van der Waals surface area contributed by atoms with E-state index in [9.17, 15) is 9.59 Å². The van der Waals surface area contributed by atoms with Crippen LogP contribution < -0.4 is 5.32 Å². The molecule has 7 nitrogen and oxygen atoms in total. The van der Waals surface area contributed by atoms with Crippen molar-refractivity contribution >= 4 is 11.8 Å². The number of hydrogen-bond donors (Lipinski definition) is 1. The number of piperidine rings is 1. The molecule has 2 heterocycles. The first kappa shape index (κ1) is 20.0. The van der Waals surface area contributed by atoms with Crippen molar-refractivity contribution in [2.24, 2.45) is 5.92 Å². The number of rotatable bonds is 7. The number of aryl methyl sites for hydroxylation is 1. The summed E-state index contributed by atoms with van der Waals surface area (Å²) in [5.74, 6) is 0.408. The summed E-state index contributed by atoms with van der Waals surface area (Å²) >= 11 is 0. The Bertz CT molecular complexity index is 779. The minimum Gasteiger partial charge on any atom is -0.350 e. The Morgan fingerprint density at radius 1 is 1.18 bits per heavy atom. The van der Waals surface area contributed by atoms with E-state index in [0.717, 1.165) is 19.3 Å². The largest absolute Gasteiger partial charge is 0.350 e. The third-order valence-corrected chi connectivity index (χ3v) is 5.08. The summed E-state index contributed by atoms with van der Waals surface area (Å²) in [5.41, 5.74) is 1.54. The summed E-state index contributed by atoms with van der Waals surface area (Å²) in [6.45, 7) is 6.15. The molecule has 0 unspecified atom stereocenters. The molecule has 0 aliphatic carbocycles. The number of likely N-dealkylation sites (tertiary alicyclic amines) is 1. The first-order chi connectivity index (χ1) is 13.5. The molecular weight excluding hydrogens is 354 g/mol. The van der Waals surface area contributed by atoms with Gasteiger partial charge in [-0.1, -0.05) is 49.4 Å². The Morgan fingerprint density at radius 2 is 1.89 bits per heavy atom. The van der Waals surface area contributed by atoms with Gasteiger partial charge in [0.25, 0.3) is 5.91 Å². The van der Waals surface area contributed by atoms with Crippen molar-refractivity contribution in [2.45, 2.75) is 45.6 Å². The first-order valence-corrected chi connectivity index (χ1v) is 10.0. The summed E-state index contributed by atoms with van der Waals surface area (Å²) in [6.07, 6.45) is 4.68. The zero-order valence-electron chi connectivity index (χ0n) is 16.7. The zero-order chi connectivity index (χ0) is 19.9. The van der Waals surface area contributed by atoms with E-state index in [1.807, 2.05) is 36.9 Å². The highest BCUT2D eigenvalue weighted by molar-refractivity contribution is 5.91. The lowest BCUT2D eigenvalue weighted by Crippen LogP contribution is -2.39. The van der Waals surface area contributed by atoms with Crippen LogP contribution in [0.15, 0.2) is 36.5 Å². The second-order valence-corrected chi connectivity index (χ2v) is 7.79. The van der Waals surface area contributed by atoms with Crippen LogP contribution in [0.3, 0.4) is 0 Å². The summed E-state index contributed by atoms with van der Waals surface area (Å²) in [6, 6.07) is 10.3. The SMILES string of the molecule is CC(C)CNC(=O)c1cn(C2CCN(C(=O)CCc3ccccc3)CC2)nn1. The highest BCUT2D eigenvalue weighted by Gasteiger charge is 2.25. The number of amides is 2. The third kappa shape index (κ3) is 5.41. The summed E-state index contributed by atoms with van der Waals surface area (Å²) in [5, 5.41) is 11.0. The summed E-state index contributed by atoms with van der Waals surface area (Å²) in [4.78, 5) is 26.5. The maximum atomic E-state index is 12.5. The van der Waals surface area contributed by atoms with Gasteiger partial charge in [0.15, 0.2) is 5.69 Å². The molecule has 0 bridgehead atoms. The topological polar surface area (TPSA) is 80.1 Å². The molecule has 150 valence electrons. The molecule has 1 aromatic carbocycles. The van der Waals surface area contributed by atoms with Crippen LogP contribution >= 0.6 is 0 Å². The molecule has 7 heteroatoms. The minimum atomic E-state index is -0.187. The van der Waals surface area contributed by atoms with Crippen molar-refractivity contribution in [1.82, 2.24) is 25.2 Å². The molecule has 0 atom stereocenters. The van der Waals surface area contributed by atoms with E-state index in [2.05, 4.69) is 27.8 Å². The third-order valence-electron chi connectivity index (χ3n) is 5.08. The van der Waals surface area contributed by atoms with Crippen molar-refractivity contribution in [3.05, 3.63) is 47.8 Å². The molecule has 0 spiro atoms. The van der Waals surface area contributed by atoms with Gasteiger partial charge in [0.1, 0.15) is 0 Å². The monoisotopic (exact) mass is 383 g/mol. The van der Waals surface area contributed by atoms with Gasteiger partial charge >= 0.3 is 0 Å². The number of nitrogens with zero attached hydrogens (tertiary/aromatic N) is 4. The van der Waals surface area contributed by atoms with Gasteiger partial charge in [0.2, 0.25) is 5.91 Å². The lowest BCUT2D eigenvalue weighted by Gasteiger charge is -2.32. The normalized spacial score (nSPS) is 15.0. The molecule has 1 fully saturated rings. The summed E-state index contributed by atoms with van der Waals surface area (Å²) < 4.78 is 1.77. The van der Waals surface area contributed by atoms with E-state index >= 15 is 0 Å². The Morgan fingerprint density at radius 3 is 2.57 bits per heavy atom. The van der Waals surface area contributed by atoms with Gasteiger partial charge in [0.05, 0.1) is 12.2 Å². The van der Waals surface area contributed by atoms with Crippen LogP contribution in [-0.4, -0.2) is 51.3 Å². The maximum Gasteiger partial charge on any atom is 0.273 e. The number of nitrogens with one attached hydrogen (secondary N) is 1. The molecule has 2 amide bonds. The molecule has 1 aliphatic rings. The van der Waals surface area contributed by atoms with Crippen molar-refractivity contribution in [3.8, 4) is 0 Å². The van der Waals surface area contributed by atoms with Crippen LogP contribution in [0.4, 0.5) is 0 Å². The average Bonchev–Trinajstić information content (AvgIpc) is 3.21. The molecule has 1 saturated heterocycles. The van der Waals surface area contributed by atoms with Gasteiger partial charge in [-0.3, -0.25) is 9.59 Å². The van der Waals surface area contributed by atoms with Gasteiger partial charge in [0, 0.05) is 26.1 Å². The maximum absolute atomic E-state index is 12.5. The highest BCUT2D eigenvalue weighted by atomic mass is 16.2. The van der Waals surface area contributed by atoms with E-state index in [0.29, 0.717) is 37.7 Å². The van der Waals surface area contributed by atoms with Crippen molar-refractivity contribution in [1.29, 1.82) is 0 Å². The number of aromatic nitrogens is 3. The van der Waals surface area contributed by atoms with Gasteiger partial charge in [-0.05, 0) is 30.7 Å². The van der Waals surface area contributed by atoms with Crippen molar-refractivity contribution in [3.63, 3.8) is 0 Å². The minimum absolute atomic E-state index is 0.178. The van der Waals surface area contributed by atoms with E-state index in [1.165, 1.54) is 5.56 Å². The van der Waals surface area contributed by atoms with Crippen LogP contribution in [0.2, 0.25) is 0 Å². The molecule has 3 rings (SSSR count). The number of carbonyl (C=O) groups is 2. The van der Waals surface area contributed by atoms with E-state index in [1.54, 1.807) is 10.9 Å². The van der Waals surface area contributed by atoms with Crippen LogP contribution in [0.25, 0.3) is 0 Å². The lowest BCUT2D eigenvalue weighted by molar-refractivity contribution is -0.132. The molecule has 0 radical (unpaired) electrons. The molecule has 1 aliphatic heterocycles. The fourth-order valence-corrected chi connectivity index (χ4v) is 3.38. The van der Waals surface area contributed by atoms with Crippen molar-refractivity contribution < 1.29 is 9.59 Å². The quantitative estimate of drug-likeness (QED) is 0.796. The van der Waals surface area contributed by atoms with Crippen LogP contribution in [-0.2, 0) is 11.2 Å². The van der Waals surface area contributed by atoms with E-state index in [4.69, 9.17) is 0 Å². The Kier molecular flexibility index (Phi) is 6.79. The first-order valence-electron chi connectivity index (χ1n) is 10.0. The van der Waals surface area contributed by atoms with E-state index < -0.39 is 0 Å². The number of carbonyl (C=O) groups excluding carboxylic acids is 2. The predicted molar refractivity (Wildman–Crippen MR) is 107 cm³/mol. The van der Waals surface area contributed by atoms with Gasteiger partial charge in [-0.25, -0.2) is 4.68 Å². The van der Waals surface area contributed by atoms with Crippen LogP contribution in [0.5, 0.6) is 0 Å². The Labute approximate surface area is 166 Å². The van der Waals surface area contributed by atoms with E-state index in [-0.39, 0.29) is 17.9 Å². The highest BCUT2D eigenvalue weighted by Crippen LogP contribution is 2.22. The second-order valence-electron chi connectivity index (χ2n) is 7.79. The molecule has 1 aromatic heterocycles. The fraction of sp³-hybridized carbons (Fsp3) is 0.524. The Hall–Kier alpha value is -2.70. The predicted octanol–water partition coefficient (Wildman–Crippen LogP) is 2.46. The molecule has 2 aromatic rings. The average molecular weight is 383 g/mol. The second kappa shape index (κ2) is 9.48. The molecule has 0 saturated carbocycles.